The molecule has 0 spiro atoms. The van der Waals surface area contributed by atoms with Crippen molar-refractivity contribution in [3.05, 3.63) is 65.0 Å². The van der Waals surface area contributed by atoms with Crippen molar-refractivity contribution in [1.29, 1.82) is 0 Å². The molecule has 0 saturated carbocycles. The van der Waals surface area contributed by atoms with Gasteiger partial charge in [-0.3, -0.25) is 9.69 Å². The highest BCUT2D eigenvalue weighted by molar-refractivity contribution is 6.00. The Morgan fingerprint density at radius 1 is 1.20 bits per heavy atom. The van der Waals surface area contributed by atoms with Crippen LogP contribution in [0.5, 0.6) is 0 Å². The van der Waals surface area contributed by atoms with E-state index in [1.807, 2.05) is 30.3 Å². The second kappa shape index (κ2) is 10.1. The fourth-order valence-electron chi connectivity index (χ4n) is 3.48. The van der Waals surface area contributed by atoms with E-state index >= 15 is 0 Å². The molecule has 0 radical (unpaired) electrons. The third-order valence-electron chi connectivity index (χ3n) is 5.40. The number of carbonyl (C=O) groups excluding carboxylic acids is 1. The maximum atomic E-state index is 12.4. The first-order valence-corrected chi connectivity index (χ1v) is 10.4. The molecule has 0 bridgehead atoms. The molecular formula is C23H30N4O3. The average molecular weight is 411 g/mol. The number of nitrogens with zero attached hydrogens (tertiary/aromatic N) is 2. The lowest BCUT2D eigenvalue weighted by Gasteiger charge is -2.27. The third-order valence-corrected chi connectivity index (χ3v) is 5.40. The molecule has 7 nitrogen and oxygen atoms in total. The monoisotopic (exact) mass is 410 g/mol. The van der Waals surface area contributed by atoms with Gasteiger partial charge in [-0.1, -0.05) is 25.1 Å². The first kappa shape index (κ1) is 21.6. The number of furan rings is 1. The van der Waals surface area contributed by atoms with Gasteiger partial charge in [0.15, 0.2) is 0 Å². The van der Waals surface area contributed by atoms with Crippen LogP contribution in [0.3, 0.4) is 0 Å². The molecule has 0 aliphatic rings. The predicted molar refractivity (Wildman–Crippen MR) is 120 cm³/mol. The SMILES string of the molecule is CC[C@@H](C)N(CCCNC(=O)Nc1cn(C)c(=O)c2ccccc12)Cc1ccco1. The molecule has 0 fully saturated rings. The van der Waals surface area contributed by atoms with E-state index in [4.69, 9.17) is 4.42 Å². The minimum atomic E-state index is -0.278. The Morgan fingerprint density at radius 2 is 1.97 bits per heavy atom. The molecule has 0 saturated heterocycles. The topological polar surface area (TPSA) is 79.5 Å². The lowest BCUT2D eigenvalue weighted by molar-refractivity contribution is 0.178. The highest BCUT2D eigenvalue weighted by Gasteiger charge is 2.14. The number of carbonyl (C=O) groups is 1. The normalized spacial score (nSPS) is 12.3. The van der Waals surface area contributed by atoms with Crippen molar-refractivity contribution in [2.24, 2.45) is 7.05 Å². The molecule has 1 atom stereocenters. The summed E-state index contributed by atoms with van der Waals surface area (Å²) >= 11 is 0. The van der Waals surface area contributed by atoms with Gasteiger partial charge in [0.05, 0.1) is 18.5 Å². The number of rotatable bonds is 9. The van der Waals surface area contributed by atoms with Gasteiger partial charge in [-0.15, -0.1) is 0 Å². The van der Waals surface area contributed by atoms with Gasteiger partial charge in [-0.2, -0.15) is 0 Å². The summed E-state index contributed by atoms with van der Waals surface area (Å²) in [5.74, 6) is 0.947. The Hall–Kier alpha value is -3.06. The van der Waals surface area contributed by atoms with Gasteiger partial charge in [0.2, 0.25) is 0 Å². The van der Waals surface area contributed by atoms with E-state index in [0.717, 1.165) is 37.1 Å². The largest absolute Gasteiger partial charge is 0.468 e. The Labute approximate surface area is 176 Å². The van der Waals surface area contributed by atoms with E-state index in [-0.39, 0.29) is 11.6 Å². The van der Waals surface area contributed by atoms with Crippen LogP contribution < -0.4 is 16.2 Å². The number of aryl methyl sites for hydroxylation is 1. The maximum Gasteiger partial charge on any atom is 0.319 e. The van der Waals surface area contributed by atoms with Gasteiger partial charge < -0.3 is 19.6 Å². The second-order valence-electron chi connectivity index (χ2n) is 7.55. The summed E-state index contributed by atoms with van der Waals surface area (Å²) < 4.78 is 6.96. The molecule has 3 rings (SSSR count). The minimum absolute atomic E-state index is 0.0850. The van der Waals surface area contributed by atoms with E-state index in [1.165, 1.54) is 4.57 Å². The number of urea groups is 1. The lowest BCUT2D eigenvalue weighted by Crippen LogP contribution is -2.36. The van der Waals surface area contributed by atoms with Crippen LogP contribution in [0.1, 0.15) is 32.4 Å². The summed E-state index contributed by atoms with van der Waals surface area (Å²) in [6.07, 6.45) is 5.22. The Morgan fingerprint density at radius 3 is 2.67 bits per heavy atom. The number of pyridine rings is 1. The zero-order valence-corrected chi connectivity index (χ0v) is 17.9. The Balaban J connectivity index is 1.54. The van der Waals surface area contributed by atoms with E-state index in [2.05, 4.69) is 29.4 Å². The molecule has 0 aliphatic heterocycles. The van der Waals surface area contributed by atoms with E-state index in [0.29, 0.717) is 23.7 Å². The number of nitrogens with one attached hydrogen (secondary N) is 2. The second-order valence-corrected chi connectivity index (χ2v) is 7.55. The van der Waals surface area contributed by atoms with Crippen molar-refractivity contribution in [3.8, 4) is 0 Å². The molecule has 1 aromatic carbocycles. The van der Waals surface area contributed by atoms with Crippen molar-refractivity contribution in [2.75, 3.05) is 18.4 Å². The van der Waals surface area contributed by atoms with Gasteiger partial charge in [-0.25, -0.2) is 4.79 Å². The summed E-state index contributed by atoms with van der Waals surface area (Å²) in [5, 5.41) is 7.10. The summed E-state index contributed by atoms with van der Waals surface area (Å²) in [6.45, 7) is 6.55. The number of amides is 2. The highest BCUT2D eigenvalue weighted by Crippen LogP contribution is 2.19. The minimum Gasteiger partial charge on any atom is -0.468 e. The first-order valence-electron chi connectivity index (χ1n) is 10.4. The highest BCUT2D eigenvalue weighted by atomic mass is 16.3. The molecular weight excluding hydrogens is 380 g/mol. The van der Waals surface area contributed by atoms with Crippen LogP contribution in [0, 0.1) is 0 Å². The summed E-state index contributed by atoms with van der Waals surface area (Å²) in [7, 11) is 1.68. The summed E-state index contributed by atoms with van der Waals surface area (Å²) in [4.78, 5) is 27.0. The smallest absolute Gasteiger partial charge is 0.319 e. The predicted octanol–water partition coefficient (Wildman–Crippen LogP) is 3.94. The molecule has 2 heterocycles. The average Bonchev–Trinajstić information content (AvgIpc) is 3.26. The quantitative estimate of drug-likeness (QED) is 0.524. The lowest BCUT2D eigenvalue weighted by atomic mass is 10.1. The fraction of sp³-hybridized carbons (Fsp3) is 0.391. The number of anilines is 1. The Bertz CT molecular complexity index is 1030. The fourth-order valence-corrected chi connectivity index (χ4v) is 3.48. The molecule has 160 valence electrons. The number of aromatic nitrogens is 1. The van der Waals surface area contributed by atoms with E-state index in [9.17, 15) is 9.59 Å². The molecule has 0 aliphatic carbocycles. The van der Waals surface area contributed by atoms with Gasteiger partial charge >= 0.3 is 6.03 Å². The van der Waals surface area contributed by atoms with Crippen LogP contribution in [-0.2, 0) is 13.6 Å². The van der Waals surface area contributed by atoms with E-state index < -0.39 is 0 Å². The van der Waals surface area contributed by atoms with Crippen molar-refractivity contribution in [3.63, 3.8) is 0 Å². The van der Waals surface area contributed by atoms with Crippen molar-refractivity contribution in [1.82, 2.24) is 14.8 Å². The third kappa shape index (κ3) is 5.30. The van der Waals surface area contributed by atoms with Gasteiger partial charge in [0.25, 0.3) is 5.56 Å². The molecule has 7 heteroatoms. The number of fused-ring (bicyclic) bond motifs is 1. The van der Waals surface area contributed by atoms with Gasteiger partial charge in [0.1, 0.15) is 5.76 Å². The van der Waals surface area contributed by atoms with Crippen LogP contribution >= 0.6 is 0 Å². The number of benzene rings is 1. The van der Waals surface area contributed by atoms with Gasteiger partial charge in [-0.05, 0) is 38.0 Å². The summed E-state index contributed by atoms with van der Waals surface area (Å²) in [5.41, 5.74) is 0.530. The molecule has 2 N–H and O–H groups in total. The zero-order chi connectivity index (χ0) is 21.5. The van der Waals surface area contributed by atoms with Crippen LogP contribution in [-0.4, -0.2) is 34.6 Å². The number of hydrogen-bond donors (Lipinski definition) is 2. The van der Waals surface area contributed by atoms with Crippen LogP contribution in [0.4, 0.5) is 10.5 Å². The maximum absolute atomic E-state index is 12.4. The van der Waals surface area contributed by atoms with Crippen LogP contribution in [0.25, 0.3) is 10.8 Å². The molecule has 2 amide bonds. The molecule has 3 aromatic rings. The first-order chi connectivity index (χ1) is 14.5. The molecule has 2 aromatic heterocycles. The van der Waals surface area contributed by atoms with Gasteiger partial charge in [0, 0.05) is 43.1 Å². The van der Waals surface area contributed by atoms with Crippen molar-refractivity contribution < 1.29 is 9.21 Å². The number of hydrogen-bond acceptors (Lipinski definition) is 4. The molecule has 0 unspecified atom stereocenters. The Kier molecular flexibility index (Phi) is 7.30. The standard InChI is InChI=1S/C23H30N4O3/c1-4-17(2)27(15-18-9-7-14-30-18)13-8-12-24-23(29)25-21-16-26(3)22(28)20-11-6-5-10-19(20)21/h5-7,9-11,14,16-17H,4,8,12-13,15H2,1-3H3,(H2,24,25,29)/t17-/m1/s1. The zero-order valence-electron chi connectivity index (χ0n) is 17.9. The van der Waals surface area contributed by atoms with Crippen LogP contribution in [0.15, 0.2) is 58.1 Å². The van der Waals surface area contributed by atoms with Crippen LogP contribution in [0.2, 0.25) is 0 Å². The van der Waals surface area contributed by atoms with E-state index in [1.54, 1.807) is 25.6 Å². The van der Waals surface area contributed by atoms with Crippen molar-refractivity contribution in [2.45, 2.75) is 39.3 Å². The molecule has 30 heavy (non-hydrogen) atoms. The van der Waals surface area contributed by atoms with Crippen molar-refractivity contribution >= 4 is 22.5 Å². The summed E-state index contributed by atoms with van der Waals surface area (Å²) in [6, 6.07) is 11.3.